The first-order chi connectivity index (χ1) is 15.7. The molecule has 0 saturated carbocycles. The van der Waals surface area contributed by atoms with Crippen molar-refractivity contribution in [1.29, 1.82) is 0 Å². The molecule has 6 nitrogen and oxygen atoms in total. The summed E-state index contributed by atoms with van der Waals surface area (Å²) < 4.78 is 2.68. The van der Waals surface area contributed by atoms with E-state index in [1.165, 1.54) is 0 Å². The molecule has 0 spiro atoms. The topological polar surface area (TPSA) is 81.3 Å². The predicted molar refractivity (Wildman–Crippen MR) is 130 cm³/mol. The number of carboxylic acid groups (broad SMARTS) is 1. The molecule has 2 aromatic carbocycles. The Morgan fingerprint density at radius 3 is 2.33 bits per heavy atom. The van der Waals surface area contributed by atoms with Gasteiger partial charge in [0.25, 0.3) is 0 Å². The number of carbonyl (C=O) groups excluding carboxylic acids is 1. The molecule has 0 fully saturated rings. The van der Waals surface area contributed by atoms with Crippen LogP contribution in [0.4, 0.5) is 0 Å². The molecule has 0 radical (unpaired) electrons. The number of hydrogen-bond acceptors (Lipinski definition) is 3. The van der Waals surface area contributed by atoms with Crippen LogP contribution in [0.15, 0.2) is 53.3 Å². The number of rotatable bonds is 9. The third kappa shape index (κ3) is 5.45. The summed E-state index contributed by atoms with van der Waals surface area (Å²) in [5.74, 6) is -0.852. The van der Waals surface area contributed by atoms with Gasteiger partial charge in [-0.3, -0.25) is 9.36 Å². The molecule has 0 unspecified atom stereocenters. The van der Waals surface area contributed by atoms with Crippen molar-refractivity contribution >= 4 is 23.5 Å². The van der Waals surface area contributed by atoms with Crippen molar-refractivity contribution in [3.05, 3.63) is 81.0 Å². The average Bonchev–Trinajstić information content (AvgIpc) is 3.01. The van der Waals surface area contributed by atoms with E-state index in [4.69, 9.17) is 11.6 Å². The fraction of sp³-hybridized carbons (Fsp3) is 0.346. The summed E-state index contributed by atoms with van der Waals surface area (Å²) >= 11 is 6.53. The van der Waals surface area contributed by atoms with Gasteiger partial charge in [-0.1, -0.05) is 74.8 Å². The second-order valence-corrected chi connectivity index (χ2v) is 8.92. The molecule has 3 rings (SSSR count). The zero-order valence-corrected chi connectivity index (χ0v) is 19.9. The molecule has 174 valence electrons. The molecule has 0 atom stereocenters. The first-order valence-electron chi connectivity index (χ1n) is 11.2. The van der Waals surface area contributed by atoms with E-state index in [9.17, 15) is 19.5 Å². The second-order valence-electron chi connectivity index (χ2n) is 8.57. The van der Waals surface area contributed by atoms with Gasteiger partial charge in [-0.05, 0) is 47.9 Å². The van der Waals surface area contributed by atoms with E-state index < -0.39 is 11.7 Å². The predicted octanol–water partition coefficient (Wildman–Crippen LogP) is 5.75. The van der Waals surface area contributed by atoms with E-state index in [0.717, 1.165) is 22.1 Å². The Bertz CT molecular complexity index is 1210. The van der Waals surface area contributed by atoms with Gasteiger partial charge in [0.2, 0.25) is 5.91 Å². The summed E-state index contributed by atoms with van der Waals surface area (Å²) in [5, 5.41) is 9.66. The minimum Gasteiger partial charge on any atom is -0.478 e. The lowest BCUT2D eigenvalue weighted by Crippen LogP contribution is -2.29. The maximum absolute atomic E-state index is 13.1. The lowest BCUT2D eigenvalue weighted by Gasteiger charge is -2.11. The molecular formula is C26H29ClN2O4. The molecule has 0 aliphatic heterocycles. The standard InChI is InChI=1S/C26H29ClN2O4/c1-4-7-23(30)29-24(27)22(15-10-17(2)3)28(26(29)33)16-18-11-13-19(14-12-18)20-8-5-6-9-21(20)25(31)32/h5-6,8-9,11-14,17H,4,7,10,15-16H2,1-3H3,(H,31,32). The molecule has 7 heteroatoms. The molecule has 0 amide bonds. The van der Waals surface area contributed by atoms with Gasteiger partial charge in [0.15, 0.2) is 0 Å². The summed E-state index contributed by atoms with van der Waals surface area (Å²) in [6.07, 6.45) is 2.33. The number of aromatic carboxylic acids is 1. The first kappa shape index (κ1) is 24.5. The number of halogens is 1. The fourth-order valence-electron chi connectivity index (χ4n) is 3.82. The number of carboxylic acids is 1. The van der Waals surface area contributed by atoms with Gasteiger partial charge >= 0.3 is 11.7 Å². The lowest BCUT2D eigenvalue weighted by atomic mass is 9.98. The molecule has 1 aromatic heterocycles. The molecule has 1 heterocycles. The Labute approximate surface area is 198 Å². The molecule has 3 aromatic rings. The third-order valence-electron chi connectivity index (χ3n) is 5.62. The van der Waals surface area contributed by atoms with Crippen molar-refractivity contribution in [2.45, 2.75) is 53.0 Å². The van der Waals surface area contributed by atoms with Crippen LogP contribution in [0.3, 0.4) is 0 Å². The van der Waals surface area contributed by atoms with Crippen LogP contribution in [0.5, 0.6) is 0 Å². The van der Waals surface area contributed by atoms with Crippen LogP contribution < -0.4 is 5.69 Å². The van der Waals surface area contributed by atoms with Gasteiger partial charge in [-0.15, -0.1) is 0 Å². The summed E-state index contributed by atoms with van der Waals surface area (Å²) in [6, 6.07) is 14.3. The van der Waals surface area contributed by atoms with Crippen LogP contribution in [0, 0.1) is 5.92 Å². The number of hydrogen-bond donors (Lipinski definition) is 1. The molecule has 0 aliphatic carbocycles. The first-order valence-corrected chi connectivity index (χ1v) is 11.6. The van der Waals surface area contributed by atoms with Crippen LogP contribution in [0.2, 0.25) is 5.15 Å². The van der Waals surface area contributed by atoms with E-state index in [0.29, 0.717) is 30.0 Å². The van der Waals surface area contributed by atoms with Crippen LogP contribution in [0.1, 0.15) is 66.4 Å². The summed E-state index contributed by atoms with van der Waals surface area (Å²) in [6.45, 7) is 6.36. The summed E-state index contributed by atoms with van der Waals surface area (Å²) in [4.78, 5) is 37.2. The third-order valence-corrected chi connectivity index (χ3v) is 6.00. The Morgan fingerprint density at radius 1 is 1.06 bits per heavy atom. The highest BCUT2D eigenvalue weighted by molar-refractivity contribution is 6.31. The highest BCUT2D eigenvalue weighted by Crippen LogP contribution is 2.25. The maximum Gasteiger partial charge on any atom is 0.336 e. The number of benzene rings is 2. The van der Waals surface area contributed by atoms with Gasteiger partial charge in [0.05, 0.1) is 17.8 Å². The van der Waals surface area contributed by atoms with E-state index in [1.807, 2.05) is 31.2 Å². The zero-order valence-electron chi connectivity index (χ0n) is 19.2. The zero-order chi connectivity index (χ0) is 24.1. The highest BCUT2D eigenvalue weighted by Gasteiger charge is 2.22. The summed E-state index contributed by atoms with van der Waals surface area (Å²) in [5.41, 5.74) is 2.74. The minimum atomic E-state index is -0.983. The van der Waals surface area contributed by atoms with E-state index in [-0.39, 0.29) is 29.6 Å². The average molecular weight is 469 g/mol. The second kappa shape index (κ2) is 10.7. The van der Waals surface area contributed by atoms with Gasteiger partial charge in [-0.2, -0.15) is 0 Å². The van der Waals surface area contributed by atoms with Crippen molar-refractivity contribution in [3.63, 3.8) is 0 Å². The van der Waals surface area contributed by atoms with E-state index in [2.05, 4.69) is 13.8 Å². The van der Waals surface area contributed by atoms with Crippen LogP contribution in [0.25, 0.3) is 11.1 Å². The van der Waals surface area contributed by atoms with Crippen molar-refractivity contribution in [2.24, 2.45) is 5.92 Å². The Balaban J connectivity index is 1.97. The number of aromatic nitrogens is 2. The minimum absolute atomic E-state index is 0.200. The van der Waals surface area contributed by atoms with Gasteiger partial charge in [-0.25, -0.2) is 14.2 Å². The van der Waals surface area contributed by atoms with E-state index >= 15 is 0 Å². The summed E-state index contributed by atoms with van der Waals surface area (Å²) in [7, 11) is 0. The molecule has 1 N–H and O–H groups in total. The quantitative estimate of drug-likeness (QED) is 0.433. The maximum atomic E-state index is 13.1. The van der Waals surface area contributed by atoms with Crippen LogP contribution in [-0.2, 0) is 13.0 Å². The normalized spacial score (nSPS) is 11.2. The van der Waals surface area contributed by atoms with Crippen molar-refractivity contribution < 1.29 is 14.7 Å². The van der Waals surface area contributed by atoms with Crippen LogP contribution >= 0.6 is 11.6 Å². The van der Waals surface area contributed by atoms with E-state index in [1.54, 1.807) is 28.8 Å². The molecule has 33 heavy (non-hydrogen) atoms. The molecule has 0 bridgehead atoms. The van der Waals surface area contributed by atoms with Gasteiger partial charge in [0.1, 0.15) is 5.15 Å². The Kier molecular flexibility index (Phi) is 7.92. The number of nitrogens with zero attached hydrogens (tertiary/aromatic N) is 2. The van der Waals surface area contributed by atoms with Crippen molar-refractivity contribution in [3.8, 4) is 11.1 Å². The number of imidazole rings is 1. The number of carbonyl (C=O) groups is 2. The largest absolute Gasteiger partial charge is 0.478 e. The van der Waals surface area contributed by atoms with Crippen molar-refractivity contribution in [1.82, 2.24) is 9.13 Å². The lowest BCUT2D eigenvalue weighted by molar-refractivity contribution is 0.0697. The van der Waals surface area contributed by atoms with Crippen molar-refractivity contribution in [2.75, 3.05) is 0 Å². The molecule has 0 aliphatic rings. The Morgan fingerprint density at radius 2 is 1.73 bits per heavy atom. The SMILES string of the molecule is CCCC(=O)n1c(Cl)c(CCC(C)C)n(Cc2ccc(-c3ccccc3C(=O)O)cc2)c1=O. The molecular weight excluding hydrogens is 440 g/mol. The molecule has 0 saturated heterocycles. The van der Waals surface area contributed by atoms with Crippen LogP contribution in [-0.4, -0.2) is 26.1 Å². The highest BCUT2D eigenvalue weighted by atomic mass is 35.5. The van der Waals surface area contributed by atoms with Gasteiger partial charge < -0.3 is 5.11 Å². The fourth-order valence-corrected chi connectivity index (χ4v) is 4.19. The van der Waals surface area contributed by atoms with Gasteiger partial charge in [0, 0.05) is 6.42 Å². The monoisotopic (exact) mass is 468 g/mol. The smallest absolute Gasteiger partial charge is 0.336 e. The Hall–Kier alpha value is -3.12.